The number of benzene rings is 2. The van der Waals surface area contributed by atoms with Gasteiger partial charge in [-0.2, -0.15) is 0 Å². The van der Waals surface area contributed by atoms with Crippen LogP contribution >= 0.6 is 22.6 Å². The van der Waals surface area contributed by atoms with Crippen molar-refractivity contribution >= 4 is 45.4 Å². The Morgan fingerprint density at radius 3 is 2.45 bits per heavy atom. The minimum Gasteiger partial charge on any atom is -0.457 e. The summed E-state index contributed by atoms with van der Waals surface area (Å²) in [5.74, 6) is -0.319. The molecule has 0 heterocycles. The van der Waals surface area contributed by atoms with E-state index in [-0.39, 0.29) is 5.97 Å². The van der Waals surface area contributed by atoms with E-state index < -0.39 is 5.60 Å². The number of hydrogen-bond acceptors (Lipinski definition) is 2. The number of hydrogen-bond donors (Lipinski definition) is 0. The fourth-order valence-corrected chi connectivity index (χ4v) is 2.35. The van der Waals surface area contributed by atoms with E-state index in [0.29, 0.717) is 0 Å². The number of carbonyl (C=O) groups excluding carboxylic acids is 1. The van der Waals surface area contributed by atoms with E-state index in [2.05, 4.69) is 52.9 Å². The van der Waals surface area contributed by atoms with Gasteiger partial charge >= 0.3 is 5.97 Å². The Kier molecular flexibility index (Phi) is 4.48. The summed E-state index contributed by atoms with van der Waals surface area (Å²) in [6, 6.07) is 12.4. The molecule has 0 fully saturated rings. The van der Waals surface area contributed by atoms with E-state index in [1.165, 1.54) is 15.0 Å². The average Bonchev–Trinajstić information content (AvgIpc) is 2.34. The topological polar surface area (TPSA) is 26.3 Å². The molecule has 2 aromatic carbocycles. The third kappa shape index (κ3) is 4.34. The van der Waals surface area contributed by atoms with Crippen LogP contribution in [0.2, 0.25) is 0 Å². The van der Waals surface area contributed by atoms with Crippen molar-refractivity contribution in [2.24, 2.45) is 0 Å². The summed E-state index contributed by atoms with van der Waals surface area (Å²) >= 11 is 2.30. The minimum absolute atomic E-state index is 0.319. The molecule has 0 aliphatic carbocycles. The predicted molar refractivity (Wildman–Crippen MR) is 91.5 cm³/mol. The smallest absolute Gasteiger partial charge is 0.331 e. The van der Waals surface area contributed by atoms with Gasteiger partial charge in [-0.15, -0.1) is 0 Å². The molecule has 20 heavy (non-hydrogen) atoms. The first kappa shape index (κ1) is 15.0. The number of esters is 1. The van der Waals surface area contributed by atoms with E-state index in [1.54, 1.807) is 6.08 Å². The Balaban J connectivity index is 2.18. The third-order valence-corrected chi connectivity index (χ3v) is 3.32. The molecule has 0 bridgehead atoms. The number of rotatable bonds is 2. The molecule has 0 atom stereocenters. The van der Waals surface area contributed by atoms with E-state index >= 15 is 0 Å². The molecule has 0 saturated heterocycles. The molecular weight excluding hydrogens is 363 g/mol. The van der Waals surface area contributed by atoms with Crippen molar-refractivity contribution < 1.29 is 9.53 Å². The zero-order valence-electron chi connectivity index (χ0n) is 11.8. The SMILES string of the molecule is CC(C)(C)OC(=O)/C=C/c1ccc2cc(I)ccc2c1. The molecule has 0 amide bonds. The Labute approximate surface area is 133 Å². The van der Waals surface area contributed by atoms with Gasteiger partial charge in [-0.25, -0.2) is 4.79 Å². The third-order valence-electron chi connectivity index (χ3n) is 2.64. The fraction of sp³-hybridized carbons (Fsp3) is 0.235. The first-order valence-electron chi connectivity index (χ1n) is 6.44. The molecule has 3 heteroatoms. The van der Waals surface area contributed by atoms with Gasteiger partial charge < -0.3 is 4.74 Å². The zero-order valence-corrected chi connectivity index (χ0v) is 14.0. The largest absolute Gasteiger partial charge is 0.457 e. The number of halogens is 1. The Hall–Kier alpha value is -1.36. The van der Waals surface area contributed by atoms with Crippen LogP contribution in [0, 0.1) is 3.57 Å². The normalized spacial score (nSPS) is 12.0. The maximum atomic E-state index is 11.6. The van der Waals surface area contributed by atoms with Gasteiger partial charge in [0.25, 0.3) is 0 Å². The summed E-state index contributed by atoms with van der Waals surface area (Å²) in [6.07, 6.45) is 3.25. The molecule has 2 rings (SSSR count). The number of ether oxygens (including phenoxy) is 1. The molecule has 0 N–H and O–H groups in total. The lowest BCUT2D eigenvalue weighted by molar-refractivity contribution is -0.148. The van der Waals surface area contributed by atoms with Crippen molar-refractivity contribution in [3.05, 3.63) is 51.6 Å². The van der Waals surface area contributed by atoms with Gasteiger partial charge in [-0.3, -0.25) is 0 Å². The lowest BCUT2D eigenvalue weighted by Crippen LogP contribution is -2.22. The minimum atomic E-state index is -0.457. The Morgan fingerprint density at radius 1 is 1.10 bits per heavy atom. The lowest BCUT2D eigenvalue weighted by atomic mass is 10.1. The Morgan fingerprint density at radius 2 is 1.75 bits per heavy atom. The van der Waals surface area contributed by atoms with Crippen LogP contribution < -0.4 is 0 Å². The van der Waals surface area contributed by atoms with Crippen LogP contribution in [0.5, 0.6) is 0 Å². The highest BCUT2D eigenvalue weighted by Crippen LogP contribution is 2.19. The number of fused-ring (bicyclic) bond motifs is 1. The van der Waals surface area contributed by atoms with Gasteiger partial charge in [-0.05, 0) is 84.0 Å². The summed E-state index contributed by atoms with van der Waals surface area (Å²) in [5.41, 5.74) is 0.533. The maximum Gasteiger partial charge on any atom is 0.331 e. The molecular formula is C17H17IO2. The van der Waals surface area contributed by atoms with Crippen LogP contribution in [-0.4, -0.2) is 11.6 Å². The van der Waals surface area contributed by atoms with Crippen LogP contribution in [-0.2, 0) is 9.53 Å². The van der Waals surface area contributed by atoms with E-state index in [0.717, 1.165) is 10.9 Å². The van der Waals surface area contributed by atoms with Crippen LogP contribution in [0.1, 0.15) is 26.3 Å². The van der Waals surface area contributed by atoms with Crippen LogP contribution in [0.25, 0.3) is 16.8 Å². The highest BCUT2D eigenvalue weighted by atomic mass is 127. The monoisotopic (exact) mass is 380 g/mol. The van der Waals surface area contributed by atoms with Crippen LogP contribution in [0.4, 0.5) is 0 Å². The second-order valence-corrected chi connectivity index (χ2v) is 6.86. The van der Waals surface area contributed by atoms with Crippen molar-refractivity contribution in [2.75, 3.05) is 0 Å². The van der Waals surface area contributed by atoms with Gasteiger partial charge in [-0.1, -0.05) is 18.2 Å². The Bertz CT molecular complexity index is 666. The van der Waals surface area contributed by atoms with Gasteiger partial charge in [0.15, 0.2) is 0 Å². The van der Waals surface area contributed by atoms with Crippen molar-refractivity contribution in [1.82, 2.24) is 0 Å². The molecule has 0 spiro atoms. The highest BCUT2D eigenvalue weighted by Gasteiger charge is 2.13. The first-order valence-corrected chi connectivity index (χ1v) is 7.52. The molecule has 2 nitrogen and oxygen atoms in total. The van der Waals surface area contributed by atoms with Crippen molar-refractivity contribution in [1.29, 1.82) is 0 Å². The molecule has 0 aliphatic rings. The second kappa shape index (κ2) is 5.95. The second-order valence-electron chi connectivity index (χ2n) is 5.62. The van der Waals surface area contributed by atoms with Crippen molar-refractivity contribution in [3.8, 4) is 0 Å². The molecule has 0 unspecified atom stereocenters. The van der Waals surface area contributed by atoms with Gasteiger partial charge in [0.1, 0.15) is 5.60 Å². The summed E-state index contributed by atoms with van der Waals surface area (Å²) in [4.78, 5) is 11.6. The summed E-state index contributed by atoms with van der Waals surface area (Å²) in [6.45, 7) is 5.57. The first-order chi connectivity index (χ1) is 9.33. The van der Waals surface area contributed by atoms with E-state index in [4.69, 9.17) is 4.74 Å². The summed E-state index contributed by atoms with van der Waals surface area (Å²) in [7, 11) is 0. The van der Waals surface area contributed by atoms with E-state index in [9.17, 15) is 4.79 Å². The van der Waals surface area contributed by atoms with E-state index in [1.807, 2.05) is 26.8 Å². The average molecular weight is 380 g/mol. The van der Waals surface area contributed by atoms with Gasteiger partial charge in [0.05, 0.1) is 0 Å². The lowest BCUT2D eigenvalue weighted by Gasteiger charge is -2.17. The molecule has 0 radical (unpaired) electrons. The maximum absolute atomic E-state index is 11.6. The predicted octanol–water partition coefficient (Wildman–Crippen LogP) is 4.80. The zero-order chi connectivity index (χ0) is 14.8. The van der Waals surface area contributed by atoms with Crippen LogP contribution in [0.15, 0.2) is 42.5 Å². The molecule has 2 aromatic rings. The van der Waals surface area contributed by atoms with Crippen molar-refractivity contribution in [2.45, 2.75) is 26.4 Å². The number of carbonyl (C=O) groups is 1. The van der Waals surface area contributed by atoms with Gasteiger partial charge in [0.2, 0.25) is 0 Å². The van der Waals surface area contributed by atoms with Crippen LogP contribution in [0.3, 0.4) is 0 Å². The highest BCUT2D eigenvalue weighted by molar-refractivity contribution is 14.1. The molecule has 0 saturated carbocycles. The molecule has 104 valence electrons. The summed E-state index contributed by atoms with van der Waals surface area (Å²) < 4.78 is 6.45. The van der Waals surface area contributed by atoms with Crippen molar-refractivity contribution in [3.63, 3.8) is 0 Å². The van der Waals surface area contributed by atoms with Gasteiger partial charge in [0, 0.05) is 9.65 Å². The quantitative estimate of drug-likeness (QED) is 0.425. The standard InChI is InChI=1S/C17H17IO2/c1-17(2,3)20-16(19)9-5-12-4-6-14-11-15(18)8-7-13(14)10-12/h4-11H,1-3H3/b9-5+. The fourth-order valence-electron chi connectivity index (χ4n) is 1.84. The summed E-state index contributed by atoms with van der Waals surface area (Å²) in [5, 5.41) is 2.36. The molecule has 0 aromatic heterocycles. The molecule has 0 aliphatic heterocycles.